The predicted molar refractivity (Wildman–Crippen MR) is 55.6 cm³/mol. The third-order valence-electron chi connectivity index (χ3n) is 3.17. The minimum absolute atomic E-state index is 0.465. The van der Waals surface area contributed by atoms with Gasteiger partial charge in [-0.3, -0.25) is 4.79 Å². The van der Waals surface area contributed by atoms with Crippen LogP contribution >= 0.6 is 0 Å². The molecule has 2 N–H and O–H groups in total. The summed E-state index contributed by atoms with van der Waals surface area (Å²) >= 11 is 0. The summed E-state index contributed by atoms with van der Waals surface area (Å²) in [4.78, 5) is 15.2. The van der Waals surface area contributed by atoms with Crippen LogP contribution in [-0.4, -0.2) is 27.2 Å². The minimum atomic E-state index is -0.699. The van der Waals surface area contributed by atoms with Crippen LogP contribution in [-0.2, 0) is 11.8 Å². The number of rotatable bonds is 4. The molecule has 1 aromatic rings. The number of carboxylic acids is 1. The van der Waals surface area contributed by atoms with Crippen LogP contribution in [0, 0.1) is 5.41 Å². The number of aryl methyl sites for hydroxylation is 1. The highest BCUT2D eigenvalue weighted by atomic mass is 16.4. The van der Waals surface area contributed by atoms with E-state index in [0.717, 1.165) is 25.2 Å². The van der Waals surface area contributed by atoms with Gasteiger partial charge in [0.25, 0.3) is 0 Å². The first-order valence-corrected chi connectivity index (χ1v) is 5.09. The summed E-state index contributed by atoms with van der Waals surface area (Å²) < 4.78 is 1.84. The molecule has 0 saturated heterocycles. The van der Waals surface area contributed by atoms with Crippen LogP contribution in [0.25, 0.3) is 0 Å². The molecule has 1 aliphatic rings. The molecular formula is C10H15N3O2. The molecule has 0 aliphatic heterocycles. The summed E-state index contributed by atoms with van der Waals surface area (Å²) in [5, 5.41) is 12.2. The van der Waals surface area contributed by atoms with Crippen molar-refractivity contribution in [2.45, 2.75) is 19.3 Å². The van der Waals surface area contributed by atoms with Crippen LogP contribution in [0.2, 0.25) is 0 Å². The van der Waals surface area contributed by atoms with E-state index in [1.165, 1.54) is 0 Å². The van der Waals surface area contributed by atoms with Gasteiger partial charge in [-0.25, -0.2) is 4.98 Å². The van der Waals surface area contributed by atoms with E-state index in [9.17, 15) is 4.79 Å². The second kappa shape index (κ2) is 3.56. The Labute approximate surface area is 88.1 Å². The van der Waals surface area contributed by atoms with Crippen LogP contribution in [0.4, 0.5) is 5.95 Å². The van der Waals surface area contributed by atoms with Crippen molar-refractivity contribution >= 4 is 11.9 Å². The zero-order chi connectivity index (χ0) is 10.9. The Balaban J connectivity index is 1.98. The van der Waals surface area contributed by atoms with Crippen LogP contribution in [0.3, 0.4) is 0 Å². The van der Waals surface area contributed by atoms with Crippen molar-refractivity contribution in [1.29, 1.82) is 0 Å². The molecular weight excluding hydrogens is 194 g/mol. The summed E-state index contributed by atoms with van der Waals surface area (Å²) in [6.45, 7) is 0.465. The molecule has 82 valence electrons. The predicted octanol–water partition coefficient (Wildman–Crippen LogP) is 1.09. The van der Waals surface area contributed by atoms with Crippen molar-refractivity contribution in [3.63, 3.8) is 0 Å². The Bertz CT molecular complexity index is 368. The van der Waals surface area contributed by atoms with Crippen LogP contribution in [0.1, 0.15) is 19.3 Å². The maximum atomic E-state index is 11.1. The van der Waals surface area contributed by atoms with Crippen LogP contribution in [0.5, 0.6) is 0 Å². The van der Waals surface area contributed by atoms with Crippen molar-refractivity contribution in [3.05, 3.63) is 12.4 Å². The van der Waals surface area contributed by atoms with E-state index in [4.69, 9.17) is 5.11 Å². The third-order valence-corrected chi connectivity index (χ3v) is 3.17. The van der Waals surface area contributed by atoms with Gasteiger partial charge in [-0.05, 0) is 12.8 Å². The lowest BCUT2D eigenvalue weighted by Gasteiger charge is -2.37. The van der Waals surface area contributed by atoms with Gasteiger partial charge < -0.3 is 15.0 Å². The molecule has 0 amide bonds. The molecule has 0 unspecified atom stereocenters. The average Bonchev–Trinajstić information content (AvgIpc) is 2.49. The Kier molecular flexibility index (Phi) is 2.38. The molecule has 2 rings (SSSR count). The van der Waals surface area contributed by atoms with Crippen molar-refractivity contribution in [2.24, 2.45) is 12.5 Å². The summed E-state index contributed by atoms with van der Waals surface area (Å²) in [5.74, 6) is 0.0259. The molecule has 0 aromatic carbocycles. The van der Waals surface area contributed by atoms with Gasteiger partial charge in [0.2, 0.25) is 5.95 Å². The summed E-state index contributed by atoms with van der Waals surface area (Å²) in [6, 6.07) is 0. The molecule has 0 bridgehead atoms. The van der Waals surface area contributed by atoms with Crippen molar-refractivity contribution in [3.8, 4) is 0 Å². The lowest BCUT2D eigenvalue weighted by atomic mass is 9.69. The number of anilines is 1. The molecule has 1 saturated carbocycles. The smallest absolute Gasteiger partial charge is 0.311 e. The highest BCUT2D eigenvalue weighted by Crippen LogP contribution is 2.41. The standard InChI is InChI=1S/C10H15N3O2/c1-13-6-5-11-9(13)12-7-10(8(14)15)3-2-4-10/h5-6H,2-4,7H2,1H3,(H,11,12)(H,14,15). The number of carbonyl (C=O) groups is 1. The second-order valence-corrected chi connectivity index (χ2v) is 4.15. The number of aromatic nitrogens is 2. The van der Waals surface area contributed by atoms with E-state index in [0.29, 0.717) is 6.54 Å². The van der Waals surface area contributed by atoms with Gasteiger partial charge in [-0.15, -0.1) is 0 Å². The molecule has 1 fully saturated rings. The first kappa shape index (κ1) is 10.0. The highest BCUT2D eigenvalue weighted by Gasteiger charge is 2.44. The lowest BCUT2D eigenvalue weighted by molar-refractivity contribution is -0.153. The zero-order valence-corrected chi connectivity index (χ0v) is 8.73. The van der Waals surface area contributed by atoms with Gasteiger partial charge >= 0.3 is 5.97 Å². The lowest BCUT2D eigenvalue weighted by Crippen LogP contribution is -2.43. The molecule has 0 atom stereocenters. The number of imidazole rings is 1. The van der Waals surface area contributed by atoms with Gasteiger partial charge in [0.15, 0.2) is 0 Å². The van der Waals surface area contributed by atoms with Crippen molar-refractivity contribution in [1.82, 2.24) is 9.55 Å². The SMILES string of the molecule is Cn1ccnc1NCC1(C(=O)O)CCC1. The van der Waals surface area contributed by atoms with Gasteiger partial charge in [-0.2, -0.15) is 0 Å². The second-order valence-electron chi connectivity index (χ2n) is 4.15. The molecule has 1 heterocycles. The summed E-state index contributed by atoms with van der Waals surface area (Å²) in [6.07, 6.45) is 6.06. The van der Waals surface area contributed by atoms with E-state index in [-0.39, 0.29) is 0 Å². The highest BCUT2D eigenvalue weighted by molar-refractivity contribution is 5.76. The average molecular weight is 209 g/mol. The monoisotopic (exact) mass is 209 g/mol. The van der Waals surface area contributed by atoms with E-state index in [1.54, 1.807) is 6.20 Å². The number of hydrogen-bond donors (Lipinski definition) is 2. The quantitative estimate of drug-likeness (QED) is 0.778. The Morgan fingerprint density at radius 1 is 1.73 bits per heavy atom. The fourth-order valence-corrected chi connectivity index (χ4v) is 1.85. The minimum Gasteiger partial charge on any atom is -0.481 e. The number of nitrogens with zero attached hydrogens (tertiary/aromatic N) is 2. The maximum Gasteiger partial charge on any atom is 0.311 e. The van der Waals surface area contributed by atoms with Crippen LogP contribution in [0.15, 0.2) is 12.4 Å². The first-order valence-electron chi connectivity index (χ1n) is 5.09. The van der Waals surface area contributed by atoms with Crippen molar-refractivity contribution < 1.29 is 9.90 Å². The number of aliphatic carboxylic acids is 1. The topological polar surface area (TPSA) is 67.2 Å². The number of nitrogens with one attached hydrogen (secondary N) is 1. The van der Waals surface area contributed by atoms with Crippen LogP contribution < -0.4 is 5.32 Å². The third kappa shape index (κ3) is 1.69. The number of hydrogen-bond acceptors (Lipinski definition) is 3. The Morgan fingerprint density at radius 3 is 2.87 bits per heavy atom. The van der Waals surface area contributed by atoms with Gasteiger partial charge in [-0.1, -0.05) is 6.42 Å². The largest absolute Gasteiger partial charge is 0.481 e. The van der Waals surface area contributed by atoms with E-state index in [2.05, 4.69) is 10.3 Å². The fourth-order valence-electron chi connectivity index (χ4n) is 1.85. The molecule has 1 aromatic heterocycles. The van der Waals surface area contributed by atoms with E-state index < -0.39 is 11.4 Å². The molecule has 0 radical (unpaired) electrons. The fraction of sp³-hybridized carbons (Fsp3) is 0.600. The zero-order valence-electron chi connectivity index (χ0n) is 8.73. The van der Waals surface area contributed by atoms with E-state index in [1.807, 2.05) is 17.8 Å². The molecule has 0 spiro atoms. The normalized spacial score (nSPS) is 18.2. The number of carboxylic acid groups (broad SMARTS) is 1. The Hall–Kier alpha value is -1.52. The maximum absolute atomic E-state index is 11.1. The molecule has 5 heteroatoms. The van der Waals surface area contributed by atoms with Crippen molar-refractivity contribution in [2.75, 3.05) is 11.9 Å². The molecule has 15 heavy (non-hydrogen) atoms. The van der Waals surface area contributed by atoms with Gasteiger partial charge in [0.1, 0.15) is 0 Å². The summed E-state index contributed by atoms with van der Waals surface area (Å²) in [5.41, 5.74) is -0.564. The molecule has 5 nitrogen and oxygen atoms in total. The molecule has 1 aliphatic carbocycles. The summed E-state index contributed by atoms with van der Waals surface area (Å²) in [7, 11) is 1.88. The van der Waals surface area contributed by atoms with Gasteiger partial charge in [0.05, 0.1) is 5.41 Å². The Morgan fingerprint density at radius 2 is 2.47 bits per heavy atom. The first-order chi connectivity index (χ1) is 7.14. The van der Waals surface area contributed by atoms with E-state index >= 15 is 0 Å². The van der Waals surface area contributed by atoms with Gasteiger partial charge in [0, 0.05) is 26.0 Å².